The lowest BCUT2D eigenvalue weighted by Crippen LogP contribution is -2.38. The van der Waals surface area contributed by atoms with Gasteiger partial charge in [-0.2, -0.15) is 5.10 Å². The Morgan fingerprint density at radius 3 is 2.76 bits per heavy atom. The van der Waals surface area contributed by atoms with E-state index >= 15 is 0 Å². The Hall–Kier alpha value is -2.89. The van der Waals surface area contributed by atoms with E-state index in [-0.39, 0.29) is 11.9 Å². The van der Waals surface area contributed by atoms with E-state index < -0.39 is 5.82 Å². The van der Waals surface area contributed by atoms with Crippen molar-refractivity contribution in [3.05, 3.63) is 72.6 Å². The highest BCUT2D eigenvalue weighted by molar-refractivity contribution is 5.94. The van der Waals surface area contributed by atoms with Crippen molar-refractivity contribution in [2.75, 3.05) is 6.54 Å². The minimum absolute atomic E-state index is 0.0968. The zero-order chi connectivity index (χ0) is 17.2. The normalized spacial score (nSPS) is 17.2. The zero-order valence-electron chi connectivity index (χ0n) is 13.8. The molecule has 0 bridgehead atoms. The summed E-state index contributed by atoms with van der Waals surface area (Å²) in [6.07, 6.45) is 9.08. The Labute approximate surface area is 145 Å². The number of nitrogens with zero attached hydrogens (tertiary/aromatic N) is 4. The molecule has 4 rings (SSSR count). The van der Waals surface area contributed by atoms with Crippen molar-refractivity contribution in [3.63, 3.8) is 0 Å². The molecule has 0 radical (unpaired) electrons. The van der Waals surface area contributed by atoms with E-state index in [4.69, 9.17) is 0 Å². The van der Waals surface area contributed by atoms with Crippen molar-refractivity contribution in [2.24, 2.45) is 0 Å². The summed E-state index contributed by atoms with van der Waals surface area (Å²) in [5, 5.41) is 4.22. The van der Waals surface area contributed by atoms with Gasteiger partial charge in [-0.3, -0.25) is 9.48 Å². The van der Waals surface area contributed by atoms with E-state index in [0.29, 0.717) is 24.3 Å². The van der Waals surface area contributed by atoms with Crippen molar-refractivity contribution < 1.29 is 9.18 Å². The van der Waals surface area contributed by atoms with E-state index in [1.165, 1.54) is 6.07 Å². The van der Waals surface area contributed by atoms with Crippen LogP contribution in [0.4, 0.5) is 4.39 Å². The molecule has 2 aromatic heterocycles. The second-order valence-corrected chi connectivity index (χ2v) is 6.28. The second-order valence-electron chi connectivity index (χ2n) is 6.28. The van der Waals surface area contributed by atoms with Crippen LogP contribution in [-0.4, -0.2) is 37.7 Å². The molecule has 1 aromatic carbocycles. The third-order valence-electron chi connectivity index (χ3n) is 4.67. The highest BCUT2D eigenvalue weighted by Crippen LogP contribution is 2.23. The standard InChI is InChI=1S/C19H19FN4O/c20-17-13-15(6-7-18(17)22-9-1-2-10-22)19(25)24-12-3-5-16(24)14-23-11-4-8-21-23/h1-2,4,6-11,13,16H,3,5,12,14H2/t16-/m0/s1. The van der Waals surface area contributed by atoms with Crippen molar-refractivity contribution in [1.82, 2.24) is 19.2 Å². The van der Waals surface area contributed by atoms with Crippen LogP contribution in [0.2, 0.25) is 0 Å². The van der Waals surface area contributed by atoms with Gasteiger partial charge in [-0.05, 0) is 49.2 Å². The molecule has 3 heterocycles. The van der Waals surface area contributed by atoms with Crippen LogP contribution in [0.5, 0.6) is 0 Å². The Morgan fingerprint density at radius 1 is 1.20 bits per heavy atom. The minimum Gasteiger partial charge on any atom is -0.334 e. The van der Waals surface area contributed by atoms with Gasteiger partial charge in [0.25, 0.3) is 5.91 Å². The van der Waals surface area contributed by atoms with Crippen LogP contribution in [0.25, 0.3) is 5.69 Å². The quantitative estimate of drug-likeness (QED) is 0.733. The number of halogens is 1. The second kappa shape index (κ2) is 6.55. The van der Waals surface area contributed by atoms with Gasteiger partial charge in [0.2, 0.25) is 0 Å². The summed E-state index contributed by atoms with van der Waals surface area (Å²) >= 11 is 0. The summed E-state index contributed by atoms with van der Waals surface area (Å²) in [4.78, 5) is 14.7. The molecule has 0 unspecified atom stereocenters. The van der Waals surface area contributed by atoms with Gasteiger partial charge in [0.05, 0.1) is 18.3 Å². The van der Waals surface area contributed by atoms with E-state index in [0.717, 1.165) is 12.8 Å². The van der Waals surface area contributed by atoms with Gasteiger partial charge in [-0.15, -0.1) is 0 Å². The van der Waals surface area contributed by atoms with Crippen molar-refractivity contribution >= 4 is 5.91 Å². The molecule has 1 atom stereocenters. The first-order valence-corrected chi connectivity index (χ1v) is 8.43. The fraction of sp³-hybridized carbons (Fsp3) is 0.263. The number of benzene rings is 1. The maximum absolute atomic E-state index is 14.5. The molecule has 3 aromatic rings. The minimum atomic E-state index is -0.398. The summed E-state index contributed by atoms with van der Waals surface area (Å²) in [7, 11) is 0. The summed E-state index contributed by atoms with van der Waals surface area (Å²) < 4.78 is 18.0. The molecule has 1 fully saturated rings. The van der Waals surface area contributed by atoms with Crippen LogP contribution >= 0.6 is 0 Å². The Kier molecular flexibility index (Phi) is 4.09. The lowest BCUT2D eigenvalue weighted by molar-refractivity contribution is 0.0721. The predicted octanol–water partition coefficient (Wildman–Crippen LogP) is 3.12. The van der Waals surface area contributed by atoms with Crippen molar-refractivity contribution in [1.29, 1.82) is 0 Å². The summed E-state index contributed by atoms with van der Waals surface area (Å²) in [6.45, 7) is 1.37. The molecule has 1 amide bonds. The van der Waals surface area contributed by atoms with Crippen molar-refractivity contribution in [3.8, 4) is 5.69 Å². The first kappa shape index (κ1) is 15.6. The van der Waals surface area contributed by atoms with Gasteiger partial charge in [-0.1, -0.05) is 0 Å². The molecule has 0 N–H and O–H groups in total. The molecular formula is C19H19FN4O. The molecule has 0 saturated carbocycles. The van der Waals surface area contributed by atoms with Crippen LogP contribution in [0.3, 0.4) is 0 Å². The molecule has 6 heteroatoms. The van der Waals surface area contributed by atoms with Gasteiger partial charge in [0.1, 0.15) is 5.82 Å². The number of likely N-dealkylation sites (tertiary alicyclic amines) is 1. The van der Waals surface area contributed by atoms with Crippen LogP contribution < -0.4 is 0 Å². The molecule has 5 nitrogen and oxygen atoms in total. The van der Waals surface area contributed by atoms with E-state index in [1.54, 1.807) is 35.3 Å². The summed E-state index contributed by atoms with van der Waals surface area (Å²) in [6, 6.07) is 10.3. The van der Waals surface area contributed by atoms with E-state index in [9.17, 15) is 9.18 Å². The SMILES string of the molecule is O=C(c1ccc(-n2cccc2)c(F)c1)N1CCC[C@H]1Cn1cccn1. The molecule has 1 saturated heterocycles. The third-order valence-corrected chi connectivity index (χ3v) is 4.67. The number of hydrogen-bond acceptors (Lipinski definition) is 2. The predicted molar refractivity (Wildman–Crippen MR) is 92.0 cm³/mol. The number of amides is 1. The molecular weight excluding hydrogens is 319 g/mol. The first-order chi connectivity index (χ1) is 12.2. The fourth-order valence-electron chi connectivity index (χ4n) is 3.43. The van der Waals surface area contributed by atoms with Crippen LogP contribution in [0.15, 0.2) is 61.2 Å². The average Bonchev–Trinajstić information content (AvgIpc) is 3.37. The number of aromatic nitrogens is 3. The smallest absolute Gasteiger partial charge is 0.254 e. The Bertz CT molecular complexity index is 858. The van der Waals surface area contributed by atoms with Gasteiger partial charge in [0, 0.05) is 36.9 Å². The third kappa shape index (κ3) is 3.07. The zero-order valence-corrected chi connectivity index (χ0v) is 13.8. The number of carbonyl (C=O) groups excluding carboxylic acids is 1. The largest absolute Gasteiger partial charge is 0.334 e. The monoisotopic (exact) mass is 338 g/mol. The van der Waals surface area contributed by atoms with Gasteiger partial charge in [-0.25, -0.2) is 4.39 Å². The molecule has 25 heavy (non-hydrogen) atoms. The highest BCUT2D eigenvalue weighted by atomic mass is 19.1. The van der Waals surface area contributed by atoms with E-state index in [1.807, 2.05) is 34.0 Å². The molecule has 0 spiro atoms. The molecule has 0 aliphatic carbocycles. The van der Waals surface area contributed by atoms with E-state index in [2.05, 4.69) is 5.10 Å². The number of hydrogen-bond donors (Lipinski definition) is 0. The molecule has 128 valence electrons. The highest BCUT2D eigenvalue weighted by Gasteiger charge is 2.30. The number of carbonyl (C=O) groups is 1. The van der Waals surface area contributed by atoms with Gasteiger partial charge in [0.15, 0.2) is 0 Å². The molecule has 1 aliphatic heterocycles. The summed E-state index contributed by atoms with van der Waals surface area (Å²) in [5.74, 6) is -0.516. The van der Waals surface area contributed by atoms with Gasteiger partial charge < -0.3 is 9.47 Å². The topological polar surface area (TPSA) is 43.1 Å². The molecule has 1 aliphatic rings. The fourth-order valence-corrected chi connectivity index (χ4v) is 3.43. The Balaban J connectivity index is 1.54. The van der Waals surface area contributed by atoms with Crippen LogP contribution in [0.1, 0.15) is 23.2 Å². The Morgan fingerprint density at radius 2 is 2.04 bits per heavy atom. The maximum Gasteiger partial charge on any atom is 0.254 e. The number of rotatable bonds is 4. The van der Waals surface area contributed by atoms with Crippen LogP contribution in [0, 0.1) is 5.82 Å². The van der Waals surface area contributed by atoms with Crippen LogP contribution in [-0.2, 0) is 6.54 Å². The van der Waals surface area contributed by atoms with Crippen molar-refractivity contribution in [2.45, 2.75) is 25.4 Å². The summed E-state index contributed by atoms with van der Waals surface area (Å²) in [5.41, 5.74) is 0.830. The van der Waals surface area contributed by atoms with Gasteiger partial charge >= 0.3 is 0 Å². The maximum atomic E-state index is 14.5. The lowest BCUT2D eigenvalue weighted by atomic mass is 10.1. The first-order valence-electron chi connectivity index (χ1n) is 8.43. The lowest BCUT2D eigenvalue weighted by Gasteiger charge is -2.25. The average molecular weight is 338 g/mol.